The van der Waals surface area contributed by atoms with Crippen LogP contribution in [0.25, 0.3) is 0 Å². The van der Waals surface area contributed by atoms with Crippen LogP contribution in [0.2, 0.25) is 0 Å². The highest BCUT2D eigenvalue weighted by Crippen LogP contribution is 2.14. The van der Waals surface area contributed by atoms with E-state index >= 15 is 0 Å². The number of halogens is 3. The SMILES string of the molecule is CN=C(NN)c1c(F)cc(F)cc1F. The van der Waals surface area contributed by atoms with E-state index in [1.807, 2.05) is 5.43 Å². The highest BCUT2D eigenvalue weighted by Gasteiger charge is 2.15. The lowest BCUT2D eigenvalue weighted by molar-refractivity contribution is 0.539. The molecule has 0 amide bonds. The quantitative estimate of drug-likeness (QED) is 0.309. The second-order valence-corrected chi connectivity index (χ2v) is 2.46. The second-order valence-electron chi connectivity index (χ2n) is 2.46. The number of hydrazine groups is 1. The van der Waals surface area contributed by atoms with E-state index < -0.39 is 23.0 Å². The van der Waals surface area contributed by atoms with Crippen molar-refractivity contribution >= 4 is 5.84 Å². The van der Waals surface area contributed by atoms with E-state index in [-0.39, 0.29) is 5.84 Å². The van der Waals surface area contributed by atoms with Gasteiger partial charge in [0, 0.05) is 19.2 Å². The van der Waals surface area contributed by atoms with Gasteiger partial charge in [-0.15, -0.1) is 0 Å². The highest BCUT2D eigenvalue weighted by atomic mass is 19.1. The van der Waals surface area contributed by atoms with E-state index in [0.29, 0.717) is 12.1 Å². The van der Waals surface area contributed by atoms with Crippen LogP contribution in [0.3, 0.4) is 0 Å². The summed E-state index contributed by atoms with van der Waals surface area (Å²) in [5.41, 5.74) is 1.54. The Balaban J connectivity index is 3.34. The molecule has 1 aromatic rings. The van der Waals surface area contributed by atoms with Crippen LogP contribution >= 0.6 is 0 Å². The monoisotopic (exact) mass is 203 g/mol. The Hall–Kier alpha value is -1.56. The fourth-order valence-corrected chi connectivity index (χ4v) is 1.02. The van der Waals surface area contributed by atoms with Crippen LogP contribution in [0.4, 0.5) is 13.2 Å². The molecule has 0 saturated heterocycles. The van der Waals surface area contributed by atoms with Gasteiger partial charge in [0.05, 0.1) is 5.56 Å². The van der Waals surface area contributed by atoms with Crippen molar-refractivity contribution in [3.63, 3.8) is 0 Å². The van der Waals surface area contributed by atoms with Gasteiger partial charge in [-0.05, 0) is 0 Å². The smallest absolute Gasteiger partial charge is 0.148 e. The normalized spacial score (nSPS) is 11.6. The van der Waals surface area contributed by atoms with Crippen LogP contribution < -0.4 is 11.3 Å². The molecular weight excluding hydrogens is 195 g/mol. The predicted molar refractivity (Wildman–Crippen MR) is 46.1 cm³/mol. The third kappa shape index (κ3) is 1.85. The van der Waals surface area contributed by atoms with Crippen LogP contribution in [-0.2, 0) is 0 Å². The number of aliphatic imine (C=N–C) groups is 1. The van der Waals surface area contributed by atoms with Gasteiger partial charge in [0.15, 0.2) is 0 Å². The van der Waals surface area contributed by atoms with Crippen LogP contribution in [0.1, 0.15) is 5.56 Å². The number of nitrogens with two attached hydrogens (primary N) is 1. The Kier molecular flexibility index (Phi) is 3.08. The molecule has 6 heteroatoms. The fraction of sp³-hybridized carbons (Fsp3) is 0.125. The van der Waals surface area contributed by atoms with Crippen molar-refractivity contribution in [1.29, 1.82) is 0 Å². The third-order valence-electron chi connectivity index (χ3n) is 1.60. The minimum atomic E-state index is -1.05. The van der Waals surface area contributed by atoms with E-state index in [1.165, 1.54) is 7.05 Å². The lowest BCUT2D eigenvalue weighted by Gasteiger charge is -2.07. The summed E-state index contributed by atoms with van der Waals surface area (Å²) in [4.78, 5) is 3.51. The molecule has 0 heterocycles. The number of nitrogens with zero attached hydrogens (tertiary/aromatic N) is 1. The molecule has 76 valence electrons. The van der Waals surface area contributed by atoms with E-state index in [4.69, 9.17) is 5.84 Å². The molecule has 0 saturated carbocycles. The Bertz CT molecular complexity index is 353. The maximum atomic E-state index is 13.1. The summed E-state index contributed by atoms with van der Waals surface area (Å²) in [6.07, 6.45) is 0. The zero-order valence-corrected chi connectivity index (χ0v) is 7.31. The average molecular weight is 203 g/mol. The first kappa shape index (κ1) is 10.5. The summed E-state index contributed by atoms with van der Waals surface area (Å²) in [7, 11) is 1.30. The molecule has 0 aromatic heterocycles. The van der Waals surface area contributed by atoms with Crippen molar-refractivity contribution in [2.75, 3.05) is 7.05 Å². The van der Waals surface area contributed by atoms with Gasteiger partial charge in [-0.25, -0.2) is 19.0 Å². The summed E-state index contributed by atoms with van der Waals surface area (Å²) in [6.45, 7) is 0. The number of hydrogen-bond acceptors (Lipinski definition) is 2. The maximum Gasteiger partial charge on any atom is 0.148 e. The van der Waals surface area contributed by atoms with Gasteiger partial charge in [0.2, 0.25) is 0 Å². The van der Waals surface area contributed by atoms with Gasteiger partial charge in [-0.2, -0.15) is 0 Å². The second kappa shape index (κ2) is 4.10. The van der Waals surface area contributed by atoms with Crippen molar-refractivity contribution in [3.8, 4) is 0 Å². The van der Waals surface area contributed by atoms with Crippen molar-refractivity contribution in [1.82, 2.24) is 5.43 Å². The van der Waals surface area contributed by atoms with Crippen LogP contribution in [0, 0.1) is 17.5 Å². The van der Waals surface area contributed by atoms with Crippen LogP contribution in [-0.4, -0.2) is 12.9 Å². The number of hydrogen-bond donors (Lipinski definition) is 2. The molecule has 0 bridgehead atoms. The molecule has 0 unspecified atom stereocenters. The molecule has 1 rings (SSSR count). The summed E-state index contributed by atoms with van der Waals surface area (Å²) in [5.74, 6) is 1.70. The Morgan fingerprint density at radius 1 is 1.29 bits per heavy atom. The highest BCUT2D eigenvalue weighted by molar-refractivity contribution is 5.98. The molecular formula is C8H8F3N3. The number of amidine groups is 1. The van der Waals surface area contributed by atoms with Gasteiger partial charge < -0.3 is 5.43 Å². The van der Waals surface area contributed by atoms with Crippen molar-refractivity contribution in [2.45, 2.75) is 0 Å². The largest absolute Gasteiger partial charge is 0.308 e. The van der Waals surface area contributed by atoms with Crippen LogP contribution in [0.15, 0.2) is 17.1 Å². The fourth-order valence-electron chi connectivity index (χ4n) is 1.02. The number of rotatable bonds is 1. The molecule has 0 aliphatic rings. The molecule has 14 heavy (non-hydrogen) atoms. The summed E-state index contributed by atoms with van der Waals surface area (Å²) in [5, 5.41) is 0. The number of benzene rings is 1. The topological polar surface area (TPSA) is 50.4 Å². The maximum absolute atomic E-state index is 13.1. The minimum Gasteiger partial charge on any atom is -0.308 e. The van der Waals surface area contributed by atoms with E-state index in [1.54, 1.807) is 0 Å². The van der Waals surface area contributed by atoms with Gasteiger partial charge in [-0.3, -0.25) is 4.99 Å². The zero-order chi connectivity index (χ0) is 10.7. The van der Waals surface area contributed by atoms with Crippen LogP contribution in [0.5, 0.6) is 0 Å². The molecule has 3 nitrogen and oxygen atoms in total. The lowest BCUT2D eigenvalue weighted by atomic mass is 10.1. The molecule has 0 aliphatic heterocycles. The van der Waals surface area contributed by atoms with Crippen molar-refractivity contribution in [3.05, 3.63) is 35.1 Å². The van der Waals surface area contributed by atoms with E-state index in [2.05, 4.69) is 4.99 Å². The van der Waals surface area contributed by atoms with Crippen molar-refractivity contribution < 1.29 is 13.2 Å². The van der Waals surface area contributed by atoms with Gasteiger partial charge in [0.25, 0.3) is 0 Å². The first-order valence-corrected chi connectivity index (χ1v) is 3.68. The van der Waals surface area contributed by atoms with E-state index in [0.717, 1.165) is 0 Å². The van der Waals surface area contributed by atoms with Gasteiger partial charge in [0.1, 0.15) is 23.3 Å². The summed E-state index contributed by atoms with van der Waals surface area (Å²) >= 11 is 0. The zero-order valence-electron chi connectivity index (χ0n) is 7.31. The van der Waals surface area contributed by atoms with Gasteiger partial charge >= 0.3 is 0 Å². The molecule has 0 radical (unpaired) electrons. The average Bonchev–Trinajstić information content (AvgIpc) is 2.10. The summed E-state index contributed by atoms with van der Waals surface area (Å²) in [6, 6.07) is 1.11. The summed E-state index contributed by atoms with van der Waals surface area (Å²) < 4.78 is 38.7. The Labute approximate surface area is 78.4 Å². The number of nitrogens with one attached hydrogen (secondary N) is 1. The first-order valence-electron chi connectivity index (χ1n) is 3.68. The molecule has 0 aliphatic carbocycles. The Morgan fingerprint density at radius 3 is 2.14 bits per heavy atom. The first-order chi connectivity index (χ1) is 6.60. The Morgan fingerprint density at radius 2 is 1.79 bits per heavy atom. The standard InChI is InChI=1S/C8H8F3N3/c1-13-8(14-12)7-5(10)2-4(9)3-6(7)11/h2-3H,12H2,1H3,(H,13,14). The van der Waals surface area contributed by atoms with Gasteiger partial charge in [-0.1, -0.05) is 0 Å². The molecule has 1 aromatic carbocycles. The molecule has 3 N–H and O–H groups in total. The van der Waals surface area contributed by atoms with E-state index in [9.17, 15) is 13.2 Å². The molecule has 0 fully saturated rings. The predicted octanol–water partition coefficient (Wildman–Crippen LogP) is 0.944. The third-order valence-corrected chi connectivity index (χ3v) is 1.60. The van der Waals surface area contributed by atoms with Crippen molar-refractivity contribution in [2.24, 2.45) is 10.8 Å². The molecule has 0 spiro atoms. The lowest BCUT2D eigenvalue weighted by Crippen LogP contribution is -2.32. The minimum absolute atomic E-state index is 0.181. The molecule has 0 atom stereocenters.